The number of para-hydroxylation sites is 1. The second-order valence-corrected chi connectivity index (χ2v) is 9.88. The van der Waals surface area contributed by atoms with Crippen molar-refractivity contribution in [3.8, 4) is 0 Å². The summed E-state index contributed by atoms with van der Waals surface area (Å²) in [5.74, 6) is -0.320. The van der Waals surface area contributed by atoms with E-state index in [9.17, 15) is 19.5 Å². The van der Waals surface area contributed by atoms with Gasteiger partial charge in [0.25, 0.3) is 11.8 Å². The van der Waals surface area contributed by atoms with Crippen molar-refractivity contribution in [2.75, 3.05) is 11.9 Å². The molecule has 1 aromatic rings. The highest BCUT2D eigenvalue weighted by Crippen LogP contribution is 2.61. The van der Waals surface area contributed by atoms with Gasteiger partial charge in [0, 0.05) is 6.04 Å². The lowest BCUT2D eigenvalue weighted by Crippen LogP contribution is -2.58. The van der Waals surface area contributed by atoms with Crippen LogP contribution in [-0.2, 0) is 14.3 Å². The van der Waals surface area contributed by atoms with E-state index in [1.54, 1.807) is 24.3 Å². The normalized spacial score (nSPS) is 33.8. The number of benzene rings is 1. The van der Waals surface area contributed by atoms with E-state index in [-0.39, 0.29) is 17.9 Å². The first-order chi connectivity index (χ1) is 14.3. The maximum Gasteiger partial charge on any atom is 0.312 e. The average Bonchev–Trinajstić information content (AvgIpc) is 3.48. The van der Waals surface area contributed by atoms with Crippen LogP contribution in [0.5, 0.6) is 0 Å². The highest BCUT2D eigenvalue weighted by atomic mass is 16.5. The van der Waals surface area contributed by atoms with Gasteiger partial charge in [-0.1, -0.05) is 12.1 Å². The molecule has 4 bridgehead atoms. The third-order valence-corrected chi connectivity index (χ3v) is 7.16. The zero-order valence-corrected chi connectivity index (χ0v) is 17.0. The standard InChI is InChI=1S/C23H28N2O5/c26-19(25-18-4-2-1-3-17(18)20(27)24-16-5-6-16)12-30-21(28)22-8-14-7-15(9-22)11-23(29,10-14)13-22/h1-4,14-16,29H,5-13H2,(H,24,27)(H,25,26)/t14-,15+,22?,23?. The predicted molar refractivity (Wildman–Crippen MR) is 109 cm³/mol. The molecule has 5 fully saturated rings. The molecule has 0 aliphatic heterocycles. The number of nitrogens with one attached hydrogen (secondary N) is 2. The number of esters is 1. The summed E-state index contributed by atoms with van der Waals surface area (Å²) < 4.78 is 5.42. The van der Waals surface area contributed by atoms with Gasteiger partial charge in [0.1, 0.15) is 0 Å². The summed E-state index contributed by atoms with van der Waals surface area (Å²) in [7, 11) is 0. The van der Waals surface area contributed by atoms with E-state index >= 15 is 0 Å². The van der Waals surface area contributed by atoms with Crippen molar-refractivity contribution in [1.29, 1.82) is 0 Å². The fraction of sp³-hybridized carbons (Fsp3) is 0.609. The summed E-state index contributed by atoms with van der Waals surface area (Å²) in [6.45, 7) is -0.396. The van der Waals surface area contributed by atoms with E-state index < -0.39 is 23.5 Å². The van der Waals surface area contributed by atoms with E-state index in [1.165, 1.54) is 0 Å². The fourth-order valence-corrected chi connectivity index (χ4v) is 6.20. The zero-order chi connectivity index (χ0) is 20.9. The molecule has 160 valence electrons. The molecule has 0 radical (unpaired) electrons. The summed E-state index contributed by atoms with van der Waals surface area (Å²) in [6.07, 6.45) is 6.53. The van der Waals surface area contributed by atoms with Gasteiger partial charge in [0.2, 0.25) is 0 Å². The average molecular weight is 412 g/mol. The first-order valence-electron chi connectivity index (χ1n) is 10.9. The lowest BCUT2D eigenvalue weighted by Gasteiger charge is -2.58. The van der Waals surface area contributed by atoms with Crippen molar-refractivity contribution in [3.63, 3.8) is 0 Å². The Labute approximate surface area is 175 Å². The molecule has 0 spiro atoms. The largest absolute Gasteiger partial charge is 0.455 e. The molecule has 6 rings (SSSR count). The molecular weight excluding hydrogens is 384 g/mol. The van der Waals surface area contributed by atoms with Crippen LogP contribution >= 0.6 is 0 Å². The summed E-state index contributed by atoms with van der Waals surface area (Å²) in [6, 6.07) is 7.03. The van der Waals surface area contributed by atoms with Crippen molar-refractivity contribution >= 4 is 23.5 Å². The smallest absolute Gasteiger partial charge is 0.312 e. The SMILES string of the molecule is O=C(COC(=O)C12C[C@@H]3C[C@@H](CC(O)(C3)C1)C2)Nc1ccccc1C(=O)NC1CC1. The van der Waals surface area contributed by atoms with Crippen molar-refractivity contribution in [3.05, 3.63) is 29.8 Å². The summed E-state index contributed by atoms with van der Waals surface area (Å²) >= 11 is 0. The maximum atomic E-state index is 12.9. The number of carbonyl (C=O) groups is 3. The van der Waals surface area contributed by atoms with Crippen LogP contribution in [0.25, 0.3) is 0 Å². The van der Waals surface area contributed by atoms with Crippen molar-refractivity contribution in [2.24, 2.45) is 17.3 Å². The molecule has 3 N–H and O–H groups in total. The Bertz CT molecular complexity index is 879. The number of amides is 2. The van der Waals surface area contributed by atoms with Crippen molar-refractivity contribution < 1.29 is 24.2 Å². The minimum Gasteiger partial charge on any atom is -0.455 e. The Morgan fingerprint density at radius 3 is 2.43 bits per heavy atom. The topological polar surface area (TPSA) is 105 Å². The van der Waals surface area contributed by atoms with Crippen LogP contribution < -0.4 is 10.6 Å². The monoisotopic (exact) mass is 412 g/mol. The second-order valence-electron chi connectivity index (χ2n) is 9.88. The number of carbonyl (C=O) groups excluding carboxylic acids is 3. The molecule has 0 heterocycles. The minimum atomic E-state index is -0.751. The number of rotatable bonds is 6. The molecule has 30 heavy (non-hydrogen) atoms. The number of hydrogen-bond acceptors (Lipinski definition) is 5. The van der Waals surface area contributed by atoms with E-state index in [0.29, 0.717) is 29.5 Å². The number of anilines is 1. The molecule has 1 aromatic carbocycles. The molecule has 5 aliphatic rings. The number of hydrogen-bond donors (Lipinski definition) is 3. The van der Waals surface area contributed by atoms with Crippen molar-refractivity contribution in [2.45, 2.75) is 63.0 Å². The lowest BCUT2D eigenvalue weighted by atomic mass is 9.48. The third kappa shape index (κ3) is 3.71. The van der Waals surface area contributed by atoms with Crippen LogP contribution in [0.4, 0.5) is 5.69 Å². The van der Waals surface area contributed by atoms with Gasteiger partial charge in [-0.05, 0) is 75.3 Å². The van der Waals surface area contributed by atoms with E-state index in [0.717, 1.165) is 44.9 Å². The van der Waals surface area contributed by atoms with Gasteiger partial charge in [0.15, 0.2) is 6.61 Å². The van der Waals surface area contributed by atoms with Crippen LogP contribution in [0.3, 0.4) is 0 Å². The zero-order valence-electron chi connectivity index (χ0n) is 17.0. The molecule has 7 nitrogen and oxygen atoms in total. The Balaban J connectivity index is 1.20. The molecule has 2 amide bonds. The Morgan fingerprint density at radius 1 is 1.07 bits per heavy atom. The third-order valence-electron chi connectivity index (χ3n) is 7.16. The second kappa shape index (κ2) is 7.08. The number of ether oxygens (including phenoxy) is 1. The molecular formula is C23H28N2O5. The maximum absolute atomic E-state index is 12.9. The lowest BCUT2D eigenvalue weighted by molar-refractivity contribution is -0.196. The van der Waals surface area contributed by atoms with Gasteiger partial charge in [0.05, 0.1) is 22.3 Å². The first kappa shape index (κ1) is 19.5. The summed E-state index contributed by atoms with van der Waals surface area (Å²) in [5.41, 5.74) is -0.603. The molecule has 5 aliphatic carbocycles. The molecule has 5 saturated carbocycles. The highest BCUT2D eigenvalue weighted by molar-refractivity contribution is 6.04. The molecule has 7 heteroatoms. The summed E-state index contributed by atoms with van der Waals surface area (Å²) in [5, 5.41) is 16.4. The predicted octanol–water partition coefficient (Wildman–Crippen LogP) is 2.39. The number of aliphatic hydroxyl groups is 1. The van der Waals surface area contributed by atoms with Crippen LogP contribution in [0.15, 0.2) is 24.3 Å². The van der Waals surface area contributed by atoms with Gasteiger partial charge in [-0.15, -0.1) is 0 Å². The van der Waals surface area contributed by atoms with E-state index in [2.05, 4.69) is 10.6 Å². The van der Waals surface area contributed by atoms with Gasteiger partial charge >= 0.3 is 5.97 Å². The van der Waals surface area contributed by atoms with Gasteiger partial charge < -0.3 is 20.5 Å². The first-order valence-corrected chi connectivity index (χ1v) is 10.9. The van der Waals surface area contributed by atoms with Gasteiger partial charge in [-0.25, -0.2) is 0 Å². The van der Waals surface area contributed by atoms with Gasteiger partial charge in [-0.2, -0.15) is 0 Å². The molecule has 0 saturated heterocycles. The highest BCUT2D eigenvalue weighted by Gasteiger charge is 2.60. The van der Waals surface area contributed by atoms with Crippen molar-refractivity contribution in [1.82, 2.24) is 5.32 Å². The fourth-order valence-electron chi connectivity index (χ4n) is 6.20. The quantitative estimate of drug-likeness (QED) is 0.623. The van der Waals surface area contributed by atoms with E-state index in [4.69, 9.17) is 4.74 Å². The van der Waals surface area contributed by atoms with Crippen LogP contribution in [-0.4, -0.2) is 41.1 Å². The minimum absolute atomic E-state index is 0.216. The molecule has 0 aromatic heterocycles. The summed E-state index contributed by atoms with van der Waals surface area (Å²) in [4.78, 5) is 37.8. The Kier molecular flexibility index (Phi) is 4.61. The Hall–Kier alpha value is -2.41. The molecule has 2 unspecified atom stereocenters. The van der Waals surface area contributed by atoms with Crippen LogP contribution in [0.1, 0.15) is 61.7 Å². The van der Waals surface area contributed by atoms with Gasteiger partial charge in [-0.3, -0.25) is 14.4 Å². The molecule has 4 atom stereocenters. The van der Waals surface area contributed by atoms with Crippen LogP contribution in [0.2, 0.25) is 0 Å². The van der Waals surface area contributed by atoms with Crippen LogP contribution in [0, 0.1) is 17.3 Å². The Morgan fingerprint density at radius 2 is 1.77 bits per heavy atom. The van der Waals surface area contributed by atoms with E-state index in [1.807, 2.05) is 0 Å².